The van der Waals surface area contributed by atoms with E-state index < -0.39 is 11.6 Å². The Bertz CT molecular complexity index is 1610. The van der Waals surface area contributed by atoms with Crippen molar-refractivity contribution in [2.75, 3.05) is 19.0 Å². The number of ether oxygens (including phenoxy) is 2. The maximum atomic E-state index is 14.8. The molecule has 0 spiro atoms. The lowest BCUT2D eigenvalue weighted by Gasteiger charge is -2.13. The highest BCUT2D eigenvalue weighted by atomic mass is 19.1. The minimum atomic E-state index is -0.704. The van der Waals surface area contributed by atoms with E-state index in [2.05, 4.69) is 20.4 Å². The molecule has 0 unspecified atom stereocenters. The quantitative estimate of drug-likeness (QED) is 0.271. The number of aryl methyl sites for hydroxylation is 2. The largest absolute Gasteiger partial charge is 0.494 e. The Morgan fingerprint density at radius 1 is 1.00 bits per heavy atom. The van der Waals surface area contributed by atoms with Gasteiger partial charge in [-0.3, -0.25) is 9.67 Å². The van der Waals surface area contributed by atoms with Gasteiger partial charge < -0.3 is 14.8 Å². The number of para-hydroxylation sites is 1. The normalized spacial score (nSPS) is 11.1. The third-order valence-electron chi connectivity index (χ3n) is 6.07. The van der Waals surface area contributed by atoms with Crippen molar-refractivity contribution in [2.24, 2.45) is 0 Å². The predicted octanol–water partition coefficient (Wildman–Crippen LogP) is 5.98. The Balaban J connectivity index is 1.57. The number of methoxy groups -OCH3 is 1. The molecule has 38 heavy (non-hydrogen) atoms. The van der Waals surface area contributed by atoms with Crippen LogP contribution < -0.4 is 14.8 Å². The van der Waals surface area contributed by atoms with E-state index in [4.69, 9.17) is 14.5 Å². The fourth-order valence-corrected chi connectivity index (χ4v) is 4.16. The summed E-state index contributed by atoms with van der Waals surface area (Å²) in [5.41, 5.74) is 3.66. The van der Waals surface area contributed by atoms with Crippen molar-refractivity contribution in [3.63, 3.8) is 0 Å². The standard InChI is InChI=1S/C28H26F2N6O2/c1-5-38-18-11-21(29)20(22(30)12-18)15-36-24-9-7-6-8-19(24)26(35-36)28-32-14-25(37-4)27(34-28)33-23-10-17(3)31-13-16(23)2/h6-14H,5,15H2,1-4H3,(H,31,32,33,34). The van der Waals surface area contributed by atoms with Gasteiger partial charge in [-0.05, 0) is 38.5 Å². The lowest BCUT2D eigenvalue weighted by Crippen LogP contribution is -2.07. The number of aromatic nitrogens is 5. The maximum absolute atomic E-state index is 14.8. The van der Waals surface area contributed by atoms with Crippen LogP contribution in [-0.4, -0.2) is 38.4 Å². The Morgan fingerprint density at radius 2 is 1.76 bits per heavy atom. The Hall–Kier alpha value is -4.60. The molecular weight excluding hydrogens is 490 g/mol. The number of nitrogens with one attached hydrogen (secondary N) is 1. The van der Waals surface area contributed by atoms with E-state index in [1.165, 1.54) is 19.2 Å². The molecule has 10 heteroatoms. The van der Waals surface area contributed by atoms with E-state index in [0.29, 0.717) is 35.2 Å². The fraction of sp³-hybridized carbons (Fsp3) is 0.214. The number of anilines is 2. The van der Waals surface area contributed by atoms with Crippen LogP contribution in [0.2, 0.25) is 0 Å². The molecule has 0 saturated carbocycles. The van der Waals surface area contributed by atoms with Gasteiger partial charge in [0.05, 0.1) is 32.0 Å². The average Bonchev–Trinajstić information content (AvgIpc) is 3.27. The number of hydrogen-bond donors (Lipinski definition) is 1. The molecule has 0 saturated heterocycles. The molecule has 194 valence electrons. The highest BCUT2D eigenvalue weighted by Gasteiger charge is 2.20. The van der Waals surface area contributed by atoms with Crippen LogP contribution in [0.15, 0.2) is 54.9 Å². The van der Waals surface area contributed by atoms with Crippen LogP contribution in [0, 0.1) is 25.5 Å². The topological polar surface area (TPSA) is 87.0 Å². The first-order valence-electron chi connectivity index (χ1n) is 12.1. The molecule has 8 nitrogen and oxygen atoms in total. The Kier molecular flexibility index (Phi) is 6.87. The zero-order valence-electron chi connectivity index (χ0n) is 21.4. The maximum Gasteiger partial charge on any atom is 0.183 e. The monoisotopic (exact) mass is 516 g/mol. The summed E-state index contributed by atoms with van der Waals surface area (Å²) >= 11 is 0. The summed E-state index contributed by atoms with van der Waals surface area (Å²) in [6, 6.07) is 11.7. The van der Waals surface area contributed by atoms with Gasteiger partial charge in [0.1, 0.15) is 23.1 Å². The van der Waals surface area contributed by atoms with Gasteiger partial charge in [-0.25, -0.2) is 18.7 Å². The average molecular weight is 517 g/mol. The van der Waals surface area contributed by atoms with Gasteiger partial charge in [-0.15, -0.1) is 0 Å². The van der Waals surface area contributed by atoms with E-state index in [1.807, 2.05) is 44.2 Å². The van der Waals surface area contributed by atoms with Crippen molar-refractivity contribution in [1.29, 1.82) is 0 Å². The summed E-state index contributed by atoms with van der Waals surface area (Å²) in [5.74, 6) is -0.0317. The summed E-state index contributed by atoms with van der Waals surface area (Å²) in [7, 11) is 1.54. The zero-order chi connectivity index (χ0) is 26.8. The molecule has 3 heterocycles. The molecule has 0 bridgehead atoms. The van der Waals surface area contributed by atoms with Gasteiger partial charge in [0.2, 0.25) is 0 Å². The smallest absolute Gasteiger partial charge is 0.183 e. The van der Waals surface area contributed by atoms with Gasteiger partial charge in [0.15, 0.2) is 17.4 Å². The van der Waals surface area contributed by atoms with Crippen LogP contribution in [-0.2, 0) is 6.54 Å². The number of pyridine rings is 1. The van der Waals surface area contributed by atoms with E-state index in [0.717, 1.165) is 22.3 Å². The molecule has 0 aliphatic heterocycles. The van der Waals surface area contributed by atoms with Crippen molar-refractivity contribution in [3.8, 4) is 23.0 Å². The molecule has 5 rings (SSSR count). The van der Waals surface area contributed by atoms with E-state index in [9.17, 15) is 8.78 Å². The zero-order valence-corrected chi connectivity index (χ0v) is 21.4. The van der Waals surface area contributed by atoms with E-state index in [-0.39, 0.29) is 17.9 Å². The number of rotatable bonds is 8. The molecule has 0 radical (unpaired) electrons. The lowest BCUT2D eigenvalue weighted by atomic mass is 10.1. The minimum Gasteiger partial charge on any atom is -0.494 e. The van der Waals surface area contributed by atoms with Crippen molar-refractivity contribution in [2.45, 2.75) is 27.3 Å². The number of fused-ring (bicyclic) bond motifs is 1. The summed E-state index contributed by atoms with van der Waals surface area (Å²) < 4.78 is 42.0. The number of nitrogens with zero attached hydrogens (tertiary/aromatic N) is 5. The van der Waals surface area contributed by atoms with Crippen molar-refractivity contribution >= 4 is 22.4 Å². The molecule has 0 amide bonds. The van der Waals surface area contributed by atoms with Gasteiger partial charge in [-0.1, -0.05) is 18.2 Å². The molecule has 0 aliphatic rings. The van der Waals surface area contributed by atoms with Crippen molar-refractivity contribution < 1.29 is 18.3 Å². The minimum absolute atomic E-state index is 0.116. The highest BCUT2D eigenvalue weighted by molar-refractivity contribution is 5.92. The van der Waals surface area contributed by atoms with Gasteiger partial charge in [0.25, 0.3) is 0 Å². The second-order valence-corrected chi connectivity index (χ2v) is 8.70. The van der Waals surface area contributed by atoms with Gasteiger partial charge >= 0.3 is 0 Å². The second-order valence-electron chi connectivity index (χ2n) is 8.70. The van der Waals surface area contributed by atoms with E-state index >= 15 is 0 Å². The van der Waals surface area contributed by atoms with Crippen molar-refractivity contribution in [3.05, 3.63) is 83.3 Å². The molecule has 2 aromatic carbocycles. The molecule has 1 N–H and O–H groups in total. The molecule has 0 fully saturated rings. The first kappa shape index (κ1) is 25.1. The fourth-order valence-electron chi connectivity index (χ4n) is 4.16. The summed E-state index contributed by atoms with van der Waals surface area (Å²) in [4.78, 5) is 13.5. The molecule has 3 aromatic heterocycles. The van der Waals surface area contributed by atoms with Crippen molar-refractivity contribution in [1.82, 2.24) is 24.7 Å². The summed E-state index contributed by atoms with van der Waals surface area (Å²) in [6.07, 6.45) is 3.34. The Morgan fingerprint density at radius 3 is 2.50 bits per heavy atom. The lowest BCUT2D eigenvalue weighted by molar-refractivity contribution is 0.335. The van der Waals surface area contributed by atoms with Crippen LogP contribution in [0.4, 0.5) is 20.3 Å². The third-order valence-corrected chi connectivity index (χ3v) is 6.07. The van der Waals surface area contributed by atoms with Crippen LogP contribution >= 0.6 is 0 Å². The Labute approximate surface area is 218 Å². The van der Waals surface area contributed by atoms with Gasteiger partial charge in [-0.2, -0.15) is 5.10 Å². The summed E-state index contributed by atoms with van der Waals surface area (Å²) in [6.45, 7) is 5.79. The van der Waals surface area contributed by atoms with Crippen LogP contribution in [0.1, 0.15) is 23.7 Å². The number of benzene rings is 2. The molecule has 0 aliphatic carbocycles. The molecule has 0 atom stereocenters. The van der Waals surface area contributed by atoms with Crippen LogP contribution in [0.25, 0.3) is 22.4 Å². The third kappa shape index (κ3) is 4.84. The first-order chi connectivity index (χ1) is 18.4. The highest BCUT2D eigenvalue weighted by Crippen LogP contribution is 2.32. The van der Waals surface area contributed by atoms with Gasteiger partial charge in [0, 0.05) is 40.7 Å². The molecule has 5 aromatic rings. The van der Waals surface area contributed by atoms with Crippen LogP contribution in [0.5, 0.6) is 11.5 Å². The predicted molar refractivity (Wildman–Crippen MR) is 141 cm³/mol. The van der Waals surface area contributed by atoms with E-state index in [1.54, 1.807) is 24.0 Å². The number of halogens is 2. The second kappa shape index (κ2) is 10.4. The molecular formula is C28H26F2N6O2. The first-order valence-corrected chi connectivity index (χ1v) is 12.1. The SMILES string of the molecule is CCOc1cc(F)c(Cn2nc(-c3ncc(OC)c(Nc4cc(C)ncc4C)n3)c3ccccc32)c(F)c1. The summed E-state index contributed by atoms with van der Waals surface area (Å²) in [5, 5.41) is 8.73. The number of hydrogen-bond acceptors (Lipinski definition) is 7. The van der Waals surface area contributed by atoms with Crippen LogP contribution in [0.3, 0.4) is 0 Å².